The molecule has 1 amide bonds. The van der Waals surface area contributed by atoms with Crippen LogP contribution in [0.3, 0.4) is 0 Å². The van der Waals surface area contributed by atoms with E-state index in [-0.39, 0.29) is 11.3 Å². The van der Waals surface area contributed by atoms with Crippen LogP contribution in [-0.2, 0) is 16.6 Å². The molecular weight excluding hydrogens is 284 g/mol. The number of carbonyl (C=O) groups is 1. The lowest BCUT2D eigenvalue weighted by Crippen LogP contribution is -2.46. The molecule has 3 heteroatoms. The van der Waals surface area contributed by atoms with E-state index in [0.717, 1.165) is 5.56 Å². The van der Waals surface area contributed by atoms with Crippen molar-refractivity contribution in [1.29, 1.82) is 0 Å². The van der Waals surface area contributed by atoms with Gasteiger partial charge < -0.3 is 11.1 Å². The SMILES string of the molecule is Cc1cccc(C(C)(C)CNC(=O)[C@@H](N)Cc2ccccc2)c1. The minimum atomic E-state index is -0.522. The first kappa shape index (κ1) is 17.2. The van der Waals surface area contributed by atoms with Crippen molar-refractivity contribution in [3.05, 3.63) is 71.3 Å². The number of nitrogens with one attached hydrogen (secondary N) is 1. The number of rotatable bonds is 6. The molecule has 3 nitrogen and oxygen atoms in total. The van der Waals surface area contributed by atoms with E-state index in [4.69, 9.17) is 5.73 Å². The normalized spacial score (nSPS) is 12.7. The van der Waals surface area contributed by atoms with Gasteiger partial charge >= 0.3 is 0 Å². The van der Waals surface area contributed by atoms with Crippen LogP contribution < -0.4 is 11.1 Å². The van der Waals surface area contributed by atoms with Crippen molar-refractivity contribution in [3.8, 4) is 0 Å². The van der Waals surface area contributed by atoms with Crippen molar-refractivity contribution >= 4 is 5.91 Å². The van der Waals surface area contributed by atoms with Crippen LogP contribution in [0.2, 0.25) is 0 Å². The highest BCUT2D eigenvalue weighted by Crippen LogP contribution is 2.23. The number of carbonyl (C=O) groups excluding carboxylic acids is 1. The molecule has 0 fully saturated rings. The Morgan fingerprint density at radius 2 is 1.83 bits per heavy atom. The second-order valence-electron chi connectivity index (χ2n) is 6.77. The summed E-state index contributed by atoms with van der Waals surface area (Å²) in [5.41, 5.74) is 9.42. The summed E-state index contributed by atoms with van der Waals surface area (Å²) in [6.07, 6.45) is 0.553. The predicted octanol–water partition coefficient (Wildman–Crippen LogP) is 2.96. The third-order valence-corrected chi connectivity index (χ3v) is 4.14. The van der Waals surface area contributed by atoms with Crippen LogP contribution in [0.5, 0.6) is 0 Å². The van der Waals surface area contributed by atoms with Crippen LogP contribution in [0, 0.1) is 6.92 Å². The van der Waals surface area contributed by atoms with Gasteiger partial charge in [0.15, 0.2) is 0 Å². The zero-order chi connectivity index (χ0) is 16.9. The molecule has 2 rings (SSSR count). The van der Waals surface area contributed by atoms with E-state index in [0.29, 0.717) is 13.0 Å². The fraction of sp³-hybridized carbons (Fsp3) is 0.350. The molecule has 0 radical (unpaired) electrons. The highest BCUT2D eigenvalue weighted by molar-refractivity contribution is 5.81. The maximum atomic E-state index is 12.3. The topological polar surface area (TPSA) is 55.1 Å². The average molecular weight is 310 g/mol. The van der Waals surface area contributed by atoms with Gasteiger partial charge in [0, 0.05) is 12.0 Å². The Morgan fingerprint density at radius 1 is 1.13 bits per heavy atom. The van der Waals surface area contributed by atoms with Crippen LogP contribution in [0.15, 0.2) is 54.6 Å². The van der Waals surface area contributed by atoms with Crippen molar-refractivity contribution < 1.29 is 4.79 Å². The lowest BCUT2D eigenvalue weighted by molar-refractivity contribution is -0.122. The molecule has 23 heavy (non-hydrogen) atoms. The molecule has 0 heterocycles. The highest BCUT2D eigenvalue weighted by Gasteiger charge is 2.23. The third kappa shape index (κ3) is 4.93. The van der Waals surface area contributed by atoms with Crippen LogP contribution in [0.25, 0.3) is 0 Å². The number of amides is 1. The molecule has 0 aliphatic carbocycles. The molecule has 2 aromatic carbocycles. The summed E-state index contributed by atoms with van der Waals surface area (Å²) in [6.45, 7) is 6.90. The fourth-order valence-electron chi connectivity index (χ4n) is 2.57. The number of hydrogen-bond donors (Lipinski definition) is 2. The largest absolute Gasteiger partial charge is 0.354 e. The predicted molar refractivity (Wildman–Crippen MR) is 95.3 cm³/mol. The van der Waals surface area contributed by atoms with Gasteiger partial charge in [0.1, 0.15) is 0 Å². The van der Waals surface area contributed by atoms with E-state index in [1.54, 1.807) is 0 Å². The van der Waals surface area contributed by atoms with E-state index >= 15 is 0 Å². The molecule has 0 aliphatic heterocycles. The summed E-state index contributed by atoms with van der Waals surface area (Å²) < 4.78 is 0. The van der Waals surface area contributed by atoms with E-state index < -0.39 is 6.04 Å². The summed E-state index contributed by atoms with van der Waals surface area (Å²) in [4.78, 5) is 12.3. The van der Waals surface area contributed by atoms with E-state index in [9.17, 15) is 4.79 Å². The molecule has 0 aliphatic rings. The molecule has 1 atom stereocenters. The molecular formula is C20H26N2O. The second-order valence-corrected chi connectivity index (χ2v) is 6.77. The first-order valence-corrected chi connectivity index (χ1v) is 8.03. The summed E-state index contributed by atoms with van der Waals surface area (Å²) in [6, 6.07) is 17.7. The fourth-order valence-corrected chi connectivity index (χ4v) is 2.57. The van der Waals surface area contributed by atoms with Crippen molar-refractivity contribution in [2.75, 3.05) is 6.54 Å². The van der Waals surface area contributed by atoms with Crippen LogP contribution in [0.1, 0.15) is 30.5 Å². The summed E-state index contributed by atoms with van der Waals surface area (Å²) >= 11 is 0. The lowest BCUT2D eigenvalue weighted by Gasteiger charge is -2.27. The van der Waals surface area contributed by atoms with E-state index in [1.165, 1.54) is 11.1 Å². The standard InChI is InChI=1S/C20H26N2O/c1-15-8-7-11-17(12-15)20(2,3)14-22-19(23)18(21)13-16-9-5-4-6-10-16/h4-12,18H,13-14,21H2,1-3H3,(H,22,23)/t18-/m0/s1. The number of hydrogen-bond acceptors (Lipinski definition) is 2. The Balaban J connectivity index is 1.92. The van der Waals surface area contributed by atoms with Gasteiger partial charge in [-0.15, -0.1) is 0 Å². The first-order valence-electron chi connectivity index (χ1n) is 8.03. The number of aryl methyl sites for hydroxylation is 1. The molecule has 122 valence electrons. The highest BCUT2D eigenvalue weighted by atomic mass is 16.2. The molecule has 0 aromatic heterocycles. The van der Waals surface area contributed by atoms with Gasteiger partial charge in [-0.3, -0.25) is 4.79 Å². The zero-order valence-electron chi connectivity index (χ0n) is 14.2. The summed E-state index contributed by atoms with van der Waals surface area (Å²) in [5, 5.41) is 3.00. The molecule has 3 N–H and O–H groups in total. The van der Waals surface area contributed by atoms with Crippen molar-refractivity contribution in [2.45, 2.75) is 38.6 Å². The van der Waals surface area contributed by atoms with Gasteiger partial charge in [-0.2, -0.15) is 0 Å². The maximum absolute atomic E-state index is 12.3. The summed E-state index contributed by atoms with van der Waals surface area (Å²) in [7, 11) is 0. The van der Waals surface area contributed by atoms with Gasteiger partial charge in [0.25, 0.3) is 0 Å². The maximum Gasteiger partial charge on any atom is 0.237 e. The Kier molecular flexibility index (Phi) is 5.56. The molecule has 0 bridgehead atoms. The Hall–Kier alpha value is -2.13. The van der Waals surface area contributed by atoms with Crippen LogP contribution in [0.4, 0.5) is 0 Å². The van der Waals surface area contributed by atoms with Crippen molar-refractivity contribution in [1.82, 2.24) is 5.32 Å². The van der Waals surface area contributed by atoms with Gasteiger partial charge in [0.05, 0.1) is 6.04 Å². The van der Waals surface area contributed by atoms with Crippen LogP contribution in [-0.4, -0.2) is 18.5 Å². The van der Waals surface area contributed by atoms with Gasteiger partial charge in [-0.1, -0.05) is 74.0 Å². The quantitative estimate of drug-likeness (QED) is 0.862. The minimum absolute atomic E-state index is 0.102. The Labute approximate surface area is 138 Å². The first-order chi connectivity index (χ1) is 10.9. The molecule has 0 spiro atoms. The number of nitrogens with two attached hydrogens (primary N) is 1. The van der Waals surface area contributed by atoms with E-state index in [1.807, 2.05) is 30.3 Å². The third-order valence-electron chi connectivity index (χ3n) is 4.14. The lowest BCUT2D eigenvalue weighted by atomic mass is 9.84. The Bertz CT molecular complexity index is 650. The van der Waals surface area contributed by atoms with Gasteiger partial charge in [-0.25, -0.2) is 0 Å². The molecule has 2 aromatic rings. The van der Waals surface area contributed by atoms with E-state index in [2.05, 4.69) is 50.4 Å². The van der Waals surface area contributed by atoms with Gasteiger partial charge in [0.2, 0.25) is 5.91 Å². The van der Waals surface area contributed by atoms with Crippen LogP contribution >= 0.6 is 0 Å². The van der Waals surface area contributed by atoms with Crippen molar-refractivity contribution in [3.63, 3.8) is 0 Å². The number of benzene rings is 2. The average Bonchev–Trinajstić information content (AvgIpc) is 2.53. The zero-order valence-corrected chi connectivity index (χ0v) is 14.2. The molecule has 0 saturated carbocycles. The smallest absolute Gasteiger partial charge is 0.237 e. The molecule has 0 unspecified atom stereocenters. The summed E-state index contributed by atoms with van der Waals surface area (Å²) in [5.74, 6) is -0.102. The van der Waals surface area contributed by atoms with Crippen molar-refractivity contribution in [2.24, 2.45) is 5.73 Å². The second kappa shape index (κ2) is 7.42. The Morgan fingerprint density at radius 3 is 2.48 bits per heavy atom. The van der Waals surface area contributed by atoms with Gasteiger partial charge in [-0.05, 0) is 24.5 Å². The monoisotopic (exact) mass is 310 g/mol. The molecule has 0 saturated heterocycles. The minimum Gasteiger partial charge on any atom is -0.354 e.